The van der Waals surface area contributed by atoms with Crippen LogP contribution in [0.1, 0.15) is 66.8 Å². The molecule has 1 fully saturated rings. The fourth-order valence-electron chi connectivity index (χ4n) is 3.32. The molecule has 0 aliphatic carbocycles. The summed E-state index contributed by atoms with van der Waals surface area (Å²) in [6.07, 6.45) is 6.38. The minimum Gasteiger partial charge on any atom is -0.466 e. The highest BCUT2D eigenvalue weighted by molar-refractivity contribution is 5.95. The lowest BCUT2D eigenvalue weighted by Crippen LogP contribution is -2.46. The van der Waals surface area contributed by atoms with Gasteiger partial charge in [-0.15, -0.1) is 0 Å². The van der Waals surface area contributed by atoms with Crippen molar-refractivity contribution >= 4 is 11.8 Å². The van der Waals surface area contributed by atoms with Crippen LogP contribution in [0.4, 0.5) is 0 Å². The Morgan fingerprint density at radius 2 is 1.88 bits per heavy atom. The van der Waals surface area contributed by atoms with Gasteiger partial charge in [-0.25, -0.2) is 0 Å². The molecule has 1 aromatic rings. The van der Waals surface area contributed by atoms with Crippen molar-refractivity contribution < 1.29 is 14.0 Å². The molecule has 1 saturated heterocycles. The molecule has 0 atom stereocenters. The van der Waals surface area contributed by atoms with Crippen molar-refractivity contribution in [2.45, 2.75) is 64.8 Å². The van der Waals surface area contributed by atoms with E-state index in [9.17, 15) is 9.59 Å². The lowest BCUT2D eigenvalue weighted by atomic mass is 10.0. The van der Waals surface area contributed by atoms with E-state index in [4.69, 9.17) is 10.2 Å². The molecule has 0 spiro atoms. The summed E-state index contributed by atoms with van der Waals surface area (Å²) >= 11 is 0. The Balaban J connectivity index is 1.69. The minimum atomic E-state index is -0.0842. The Labute approximate surface area is 150 Å². The molecule has 0 saturated carbocycles. The van der Waals surface area contributed by atoms with Crippen LogP contribution in [-0.2, 0) is 4.79 Å². The van der Waals surface area contributed by atoms with Crippen molar-refractivity contribution in [2.75, 3.05) is 19.6 Å². The third kappa shape index (κ3) is 5.88. The first kappa shape index (κ1) is 19.5. The summed E-state index contributed by atoms with van der Waals surface area (Å²) < 4.78 is 5.41. The van der Waals surface area contributed by atoms with Gasteiger partial charge in [-0.2, -0.15) is 0 Å². The number of nitrogens with one attached hydrogen (secondary N) is 1. The van der Waals surface area contributed by atoms with Crippen molar-refractivity contribution in [3.63, 3.8) is 0 Å². The van der Waals surface area contributed by atoms with Gasteiger partial charge >= 0.3 is 0 Å². The van der Waals surface area contributed by atoms with Gasteiger partial charge in [-0.05, 0) is 52.1 Å². The van der Waals surface area contributed by atoms with Crippen molar-refractivity contribution in [3.05, 3.63) is 23.2 Å². The predicted octanol–water partition coefficient (Wildman–Crippen LogP) is 2.53. The van der Waals surface area contributed by atoms with Crippen molar-refractivity contribution in [1.29, 1.82) is 0 Å². The van der Waals surface area contributed by atoms with E-state index in [0.717, 1.165) is 63.9 Å². The molecule has 2 rings (SSSR count). The second-order valence-corrected chi connectivity index (χ2v) is 6.91. The van der Waals surface area contributed by atoms with Gasteiger partial charge in [-0.1, -0.05) is 12.8 Å². The number of nitrogens with two attached hydrogens (primary N) is 1. The zero-order valence-corrected chi connectivity index (χ0v) is 15.5. The van der Waals surface area contributed by atoms with Crippen LogP contribution < -0.4 is 11.1 Å². The summed E-state index contributed by atoms with van der Waals surface area (Å²) in [4.78, 5) is 26.5. The molecule has 0 bridgehead atoms. The van der Waals surface area contributed by atoms with Crippen molar-refractivity contribution in [2.24, 2.45) is 5.73 Å². The molecular formula is C19H31N3O3. The van der Waals surface area contributed by atoms with Gasteiger partial charge in [0, 0.05) is 25.6 Å². The Kier molecular flexibility index (Phi) is 7.50. The topological polar surface area (TPSA) is 88.6 Å². The Hall–Kier alpha value is -1.82. The van der Waals surface area contributed by atoms with E-state index in [2.05, 4.69) is 5.32 Å². The van der Waals surface area contributed by atoms with Gasteiger partial charge in [0.1, 0.15) is 11.5 Å². The van der Waals surface area contributed by atoms with E-state index in [1.54, 1.807) is 13.0 Å². The van der Waals surface area contributed by atoms with Crippen LogP contribution in [0.3, 0.4) is 0 Å². The maximum absolute atomic E-state index is 12.3. The molecule has 25 heavy (non-hydrogen) atoms. The van der Waals surface area contributed by atoms with E-state index in [1.165, 1.54) is 0 Å². The summed E-state index contributed by atoms with van der Waals surface area (Å²) in [5.74, 6) is 1.55. The van der Waals surface area contributed by atoms with E-state index in [1.807, 2.05) is 11.8 Å². The lowest BCUT2D eigenvalue weighted by Gasteiger charge is -2.32. The highest BCUT2D eigenvalue weighted by Gasteiger charge is 2.24. The number of carbonyl (C=O) groups excluding carboxylic acids is 2. The summed E-state index contributed by atoms with van der Waals surface area (Å²) in [7, 11) is 0. The predicted molar refractivity (Wildman–Crippen MR) is 97.4 cm³/mol. The molecule has 1 aromatic heterocycles. The number of amides is 2. The van der Waals surface area contributed by atoms with Crippen LogP contribution in [0.2, 0.25) is 0 Å². The molecule has 6 heteroatoms. The highest BCUT2D eigenvalue weighted by Crippen LogP contribution is 2.17. The molecule has 2 heterocycles. The summed E-state index contributed by atoms with van der Waals surface area (Å²) in [5.41, 5.74) is 6.08. The minimum absolute atomic E-state index is 0.0842. The number of likely N-dealkylation sites (tertiary alicyclic amines) is 1. The lowest BCUT2D eigenvalue weighted by molar-refractivity contribution is -0.132. The Morgan fingerprint density at radius 1 is 1.20 bits per heavy atom. The average Bonchev–Trinajstić information content (AvgIpc) is 2.93. The maximum atomic E-state index is 12.3. The summed E-state index contributed by atoms with van der Waals surface area (Å²) in [6.45, 7) is 5.80. The van der Waals surface area contributed by atoms with Gasteiger partial charge in [0.15, 0.2) is 0 Å². The van der Waals surface area contributed by atoms with Gasteiger partial charge < -0.3 is 20.4 Å². The molecule has 0 radical (unpaired) electrons. The number of furan rings is 1. The number of aryl methyl sites for hydroxylation is 2. The van der Waals surface area contributed by atoms with E-state index >= 15 is 0 Å². The zero-order chi connectivity index (χ0) is 18.2. The third-order valence-corrected chi connectivity index (χ3v) is 4.81. The summed E-state index contributed by atoms with van der Waals surface area (Å²) in [5, 5.41) is 3.07. The second kappa shape index (κ2) is 9.61. The van der Waals surface area contributed by atoms with Crippen molar-refractivity contribution in [3.8, 4) is 0 Å². The van der Waals surface area contributed by atoms with Crippen LogP contribution >= 0.6 is 0 Å². The number of unbranched alkanes of at least 4 members (excludes halogenated alkanes) is 3. The first-order chi connectivity index (χ1) is 12.0. The molecular weight excluding hydrogens is 318 g/mol. The number of piperidine rings is 1. The monoisotopic (exact) mass is 349 g/mol. The van der Waals surface area contributed by atoms with E-state index in [-0.39, 0.29) is 17.9 Å². The fourth-order valence-corrected chi connectivity index (χ4v) is 3.32. The number of nitrogens with zero attached hydrogens (tertiary/aromatic N) is 1. The average molecular weight is 349 g/mol. The molecule has 3 N–H and O–H groups in total. The van der Waals surface area contributed by atoms with Crippen LogP contribution in [-0.4, -0.2) is 42.4 Å². The van der Waals surface area contributed by atoms with Crippen molar-refractivity contribution in [1.82, 2.24) is 10.2 Å². The molecule has 1 aliphatic heterocycles. The van der Waals surface area contributed by atoms with Gasteiger partial charge in [0.2, 0.25) is 5.91 Å². The van der Waals surface area contributed by atoms with Gasteiger partial charge in [0.25, 0.3) is 5.91 Å². The molecule has 140 valence electrons. The number of hydrogen-bond donors (Lipinski definition) is 2. The SMILES string of the molecule is Cc1cc(C(=O)NC2CCN(C(=O)CCCCCCN)CC2)c(C)o1. The maximum Gasteiger partial charge on any atom is 0.255 e. The molecule has 0 aromatic carbocycles. The molecule has 6 nitrogen and oxygen atoms in total. The number of hydrogen-bond acceptors (Lipinski definition) is 4. The fraction of sp³-hybridized carbons (Fsp3) is 0.684. The third-order valence-electron chi connectivity index (χ3n) is 4.81. The van der Waals surface area contributed by atoms with E-state index in [0.29, 0.717) is 17.7 Å². The van der Waals surface area contributed by atoms with Crippen LogP contribution in [0.15, 0.2) is 10.5 Å². The normalized spacial score (nSPS) is 15.4. The Bertz CT molecular complexity index is 574. The molecule has 2 amide bonds. The molecule has 0 unspecified atom stereocenters. The van der Waals surface area contributed by atoms with Gasteiger partial charge in [0.05, 0.1) is 5.56 Å². The van der Waals surface area contributed by atoms with Gasteiger partial charge in [-0.3, -0.25) is 9.59 Å². The summed E-state index contributed by atoms with van der Waals surface area (Å²) in [6, 6.07) is 1.89. The largest absolute Gasteiger partial charge is 0.466 e. The number of carbonyl (C=O) groups is 2. The Morgan fingerprint density at radius 3 is 2.48 bits per heavy atom. The van der Waals surface area contributed by atoms with Crippen LogP contribution in [0.5, 0.6) is 0 Å². The molecule has 1 aliphatic rings. The first-order valence-corrected chi connectivity index (χ1v) is 9.37. The number of rotatable bonds is 8. The zero-order valence-electron chi connectivity index (χ0n) is 15.5. The van der Waals surface area contributed by atoms with Crippen LogP contribution in [0.25, 0.3) is 0 Å². The second-order valence-electron chi connectivity index (χ2n) is 6.91. The standard InChI is InChI=1S/C19H31N3O3/c1-14-13-17(15(2)25-14)19(24)21-16-8-11-22(12-9-16)18(23)7-5-3-4-6-10-20/h13,16H,3-12,20H2,1-2H3,(H,21,24). The smallest absolute Gasteiger partial charge is 0.255 e. The van der Waals surface area contributed by atoms with Crippen LogP contribution in [0, 0.1) is 13.8 Å². The quantitative estimate of drug-likeness (QED) is 0.706. The first-order valence-electron chi connectivity index (χ1n) is 9.37. The van der Waals surface area contributed by atoms with E-state index < -0.39 is 0 Å². The highest BCUT2D eigenvalue weighted by atomic mass is 16.3.